The number of aromatic nitrogens is 3. The summed E-state index contributed by atoms with van der Waals surface area (Å²) in [5, 5.41) is 11.4. The second-order valence-corrected chi connectivity index (χ2v) is 4.58. The van der Waals surface area contributed by atoms with E-state index in [2.05, 4.69) is 27.4 Å². The van der Waals surface area contributed by atoms with Crippen LogP contribution in [-0.2, 0) is 0 Å². The third-order valence-electron chi connectivity index (χ3n) is 2.35. The Morgan fingerprint density at radius 3 is 3.31 bits per heavy atom. The Kier molecular flexibility index (Phi) is 2.85. The highest BCUT2D eigenvalue weighted by molar-refractivity contribution is 7.99. The Balaban J connectivity index is 1.74. The molecule has 1 atom stereocenters. The SMILES string of the molecule is CN1CCC(CSc2cn[nH]n2)C1. The fraction of sp³-hybridized carbons (Fsp3) is 0.750. The van der Waals surface area contributed by atoms with Gasteiger partial charge in [-0.3, -0.25) is 0 Å². The van der Waals surface area contributed by atoms with Crippen molar-refractivity contribution >= 4 is 11.8 Å². The summed E-state index contributed by atoms with van der Waals surface area (Å²) >= 11 is 1.79. The Hall–Kier alpha value is -0.550. The molecular formula is C8H14N4S. The van der Waals surface area contributed by atoms with Crippen molar-refractivity contribution in [3.8, 4) is 0 Å². The van der Waals surface area contributed by atoms with E-state index in [1.165, 1.54) is 19.5 Å². The summed E-state index contributed by atoms with van der Waals surface area (Å²) in [5.41, 5.74) is 0. The van der Waals surface area contributed by atoms with Gasteiger partial charge in [-0.05, 0) is 25.9 Å². The molecule has 0 aliphatic carbocycles. The summed E-state index contributed by atoms with van der Waals surface area (Å²) in [5.74, 6) is 1.99. The number of H-pyrrole nitrogens is 1. The average Bonchev–Trinajstić information content (AvgIpc) is 2.71. The number of nitrogens with one attached hydrogen (secondary N) is 1. The van der Waals surface area contributed by atoms with E-state index >= 15 is 0 Å². The van der Waals surface area contributed by atoms with Crippen molar-refractivity contribution in [2.45, 2.75) is 11.4 Å². The van der Waals surface area contributed by atoms with Gasteiger partial charge in [0.05, 0.1) is 6.20 Å². The minimum Gasteiger partial charge on any atom is -0.306 e. The zero-order valence-corrected chi connectivity index (χ0v) is 8.55. The van der Waals surface area contributed by atoms with Crippen molar-refractivity contribution in [1.29, 1.82) is 0 Å². The van der Waals surface area contributed by atoms with Crippen LogP contribution in [0.2, 0.25) is 0 Å². The summed E-state index contributed by atoms with van der Waals surface area (Å²) in [7, 11) is 2.18. The van der Waals surface area contributed by atoms with Gasteiger partial charge in [-0.1, -0.05) is 0 Å². The second-order valence-electron chi connectivity index (χ2n) is 3.54. The summed E-state index contributed by atoms with van der Waals surface area (Å²) in [6, 6.07) is 0. The second kappa shape index (κ2) is 4.11. The summed E-state index contributed by atoms with van der Waals surface area (Å²) < 4.78 is 0. The Morgan fingerprint density at radius 1 is 1.77 bits per heavy atom. The first-order valence-corrected chi connectivity index (χ1v) is 5.50. The fourth-order valence-electron chi connectivity index (χ4n) is 1.63. The molecule has 0 aromatic carbocycles. The molecule has 2 rings (SSSR count). The van der Waals surface area contributed by atoms with Crippen LogP contribution in [0.15, 0.2) is 11.2 Å². The topological polar surface area (TPSA) is 44.8 Å². The zero-order chi connectivity index (χ0) is 9.10. The third kappa shape index (κ3) is 2.45. The van der Waals surface area contributed by atoms with Gasteiger partial charge < -0.3 is 4.90 Å². The van der Waals surface area contributed by atoms with Crippen molar-refractivity contribution in [2.24, 2.45) is 5.92 Å². The minimum absolute atomic E-state index is 0.826. The van der Waals surface area contributed by atoms with Crippen LogP contribution in [-0.4, -0.2) is 46.2 Å². The molecule has 1 N–H and O–H groups in total. The molecule has 1 aliphatic heterocycles. The van der Waals surface area contributed by atoms with Gasteiger partial charge in [0.1, 0.15) is 5.03 Å². The molecule has 1 unspecified atom stereocenters. The van der Waals surface area contributed by atoms with Crippen LogP contribution < -0.4 is 0 Å². The lowest BCUT2D eigenvalue weighted by atomic mass is 10.2. The average molecular weight is 198 g/mol. The van der Waals surface area contributed by atoms with Gasteiger partial charge >= 0.3 is 0 Å². The molecule has 4 nitrogen and oxygen atoms in total. The van der Waals surface area contributed by atoms with Crippen LogP contribution in [0.1, 0.15) is 6.42 Å². The van der Waals surface area contributed by atoms with E-state index in [1.807, 2.05) is 0 Å². The maximum absolute atomic E-state index is 4.01. The fourth-order valence-corrected chi connectivity index (χ4v) is 2.54. The third-order valence-corrected chi connectivity index (χ3v) is 3.48. The summed E-state index contributed by atoms with van der Waals surface area (Å²) in [4.78, 5) is 2.38. The quantitative estimate of drug-likeness (QED) is 0.731. The van der Waals surface area contributed by atoms with E-state index in [9.17, 15) is 0 Å². The first-order valence-electron chi connectivity index (χ1n) is 4.51. The van der Waals surface area contributed by atoms with E-state index in [-0.39, 0.29) is 0 Å². The molecular weight excluding hydrogens is 184 g/mol. The molecule has 0 saturated carbocycles. The molecule has 1 aromatic rings. The summed E-state index contributed by atoms with van der Waals surface area (Å²) in [6.45, 7) is 2.47. The van der Waals surface area contributed by atoms with Crippen LogP contribution >= 0.6 is 11.8 Å². The van der Waals surface area contributed by atoms with Crippen molar-refractivity contribution in [3.05, 3.63) is 6.20 Å². The molecule has 1 fully saturated rings. The number of hydrogen-bond donors (Lipinski definition) is 1. The van der Waals surface area contributed by atoms with Crippen molar-refractivity contribution in [3.63, 3.8) is 0 Å². The van der Waals surface area contributed by atoms with E-state index in [1.54, 1.807) is 18.0 Å². The van der Waals surface area contributed by atoms with Gasteiger partial charge in [0, 0.05) is 12.3 Å². The molecule has 0 amide bonds. The number of hydrogen-bond acceptors (Lipinski definition) is 4. The van der Waals surface area contributed by atoms with Crippen LogP contribution in [0.5, 0.6) is 0 Å². The van der Waals surface area contributed by atoms with E-state index in [4.69, 9.17) is 0 Å². The highest BCUT2D eigenvalue weighted by Crippen LogP contribution is 2.23. The van der Waals surface area contributed by atoms with Crippen LogP contribution in [0.4, 0.5) is 0 Å². The molecule has 1 saturated heterocycles. The Morgan fingerprint density at radius 2 is 2.69 bits per heavy atom. The molecule has 1 aliphatic rings. The highest BCUT2D eigenvalue weighted by atomic mass is 32.2. The van der Waals surface area contributed by atoms with Crippen LogP contribution in [0.25, 0.3) is 0 Å². The number of thioether (sulfide) groups is 1. The van der Waals surface area contributed by atoms with Gasteiger partial charge in [-0.25, -0.2) is 0 Å². The largest absolute Gasteiger partial charge is 0.306 e. The van der Waals surface area contributed by atoms with Gasteiger partial charge in [-0.15, -0.1) is 16.9 Å². The lowest BCUT2D eigenvalue weighted by Crippen LogP contribution is -2.14. The Labute approximate surface area is 82.1 Å². The lowest BCUT2D eigenvalue weighted by molar-refractivity contribution is 0.403. The van der Waals surface area contributed by atoms with Gasteiger partial charge in [0.25, 0.3) is 0 Å². The number of nitrogens with zero attached hydrogens (tertiary/aromatic N) is 3. The normalized spacial score (nSPS) is 23.9. The molecule has 0 bridgehead atoms. The van der Waals surface area contributed by atoms with Crippen LogP contribution in [0.3, 0.4) is 0 Å². The van der Waals surface area contributed by atoms with Gasteiger partial charge in [0.15, 0.2) is 0 Å². The van der Waals surface area contributed by atoms with Crippen molar-refractivity contribution < 1.29 is 0 Å². The summed E-state index contributed by atoms with van der Waals surface area (Å²) in [6.07, 6.45) is 3.10. The molecule has 2 heterocycles. The first-order chi connectivity index (χ1) is 6.34. The van der Waals surface area contributed by atoms with Gasteiger partial charge in [-0.2, -0.15) is 10.3 Å². The molecule has 13 heavy (non-hydrogen) atoms. The predicted molar refractivity (Wildman–Crippen MR) is 52.7 cm³/mol. The standard InChI is InChI=1S/C8H14N4S/c1-12-3-2-7(5-12)6-13-8-4-9-11-10-8/h4,7H,2-3,5-6H2,1H3,(H,9,10,11). The predicted octanol–water partition coefficient (Wildman–Crippen LogP) is 0.848. The maximum Gasteiger partial charge on any atom is 0.138 e. The molecule has 0 radical (unpaired) electrons. The van der Waals surface area contributed by atoms with Crippen LogP contribution in [0, 0.1) is 5.92 Å². The molecule has 1 aromatic heterocycles. The number of aromatic amines is 1. The smallest absolute Gasteiger partial charge is 0.138 e. The number of likely N-dealkylation sites (tertiary alicyclic amines) is 1. The Bertz CT molecular complexity index is 249. The highest BCUT2D eigenvalue weighted by Gasteiger charge is 2.19. The van der Waals surface area contributed by atoms with Crippen molar-refractivity contribution in [1.82, 2.24) is 20.3 Å². The number of rotatable bonds is 3. The molecule has 5 heteroatoms. The van der Waals surface area contributed by atoms with Crippen molar-refractivity contribution in [2.75, 3.05) is 25.9 Å². The van der Waals surface area contributed by atoms with E-state index in [0.29, 0.717) is 0 Å². The van der Waals surface area contributed by atoms with E-state index < -0.39 is 0 Å². The van der Waals surface area contributed by atoms with E-state index in [0.717, 1.165) is 16.7 Å². The maximum atomic E-state index is 4.01. The van der Waals surface area contributed by atoms with Gasteiger partial charge in [0.2, 0.25) is 0 Å². The monoisotopic (exact) mass is 198 g/mol. The first kappa shape index (κ1) is 9.02. The zero-order valence-electron chi connectivity index (χ0n) is 7.73. The molecule has 72 valence electrons. The minimum atomic E-state index is 0.826. The lowest BCUT2D eigenvalue weighted by Gasteiger charge is -2.08. The molecule has 0 spiro atoms.